The third-order valence-corrected chi connectivity index (χ3v) is 4.53. The molecule has 0 spiro atoms. The number of likely N-dealkylation sites (N-methyl/N-ethyl adjacent to an activating group) is 1. The zero-order valence-electron chi connectivity index (χ0n) is 14.4. The minimum absolute atomic E-state index is 0.0331. The summed E-state index contributed by atoms with van der Waals surface area (Å²) >= 11 is 0. The fraction of sp³-hybridized carbons (Fsp3) is 0.300. The second kappa shape index (κ2) is 7.94. The summed E-state index contributed by atoms with van der Waals surface area (Å²) in [4.78, 5) is 29.0. The summed E-state index contributed by atoms with van der Waals surface area (Å²) in [6.07, 6.45) is 0. The van der Waals surface area contributed by atoms with Crippen molar-refractivity contribution in [2.24, 2.45) is 0 Å². The van der Waals surface area contributed by atoms with Gasteiger partial charge in [-0.15, -0.1) is 0 Å². The number of hydrogen-bond donors (Lipinski definition) is 1. The third kappa shape index (κ3) is 4.25. The Morgan fingerprint density at radius 1 is 0.880 bits per heavy atom. The third-order valence-electron chi connectivity index (χ3n) is 4.53. The van der Waals surface area contributed by atoms with Gasteiger partial charge in [0.25, 0.3) is 11.8 Å². The molecule has 0 saturated carbocycles. The summed E-state index contributed by atoms with van der Waals surface area (Å²) in [6, 6.07) is 16.2. The first-order valence-corrected chi connectivity index (χ1v) is 8.65. The van der Waals surface area contributed by atoms with Gasteiger partial charge in [0.1, 0.15) is 0 Å². The molecule has 1 aliphatic rings. The molecule has 3 rings (SSSR count). The number of nitrogens with zero attached hydrogens (tertiary/aromatic N) is 2. The molecule has 5 heteroatoms. The average Bonchev–Trinajstić information content (AvgIpc) is 2.68. The lowest BCUT2D eigenvalue weighted by Crippen LogP contribution is -2.48. The van der Waals surface area contributed by atoms with E-state index in [-0.39, 0.29) is 11.8 Å². The molecular formula is C20H23N3O2. The number of anilines is 1. The maximum absolute atomic E-state index is 12.6. The van der Waals surface area contributed by atoms with Gasteiger partial charge in [-0.25, -0.2) is 0 Å². The minimum Gasteiger partial charge on any atom is -0.336 e. The van der Waals surface area contributed by atoms with Gasteiger partial charge in [0.15, 0.2) is 0 Å². The molecule has 1 saturated heterocycles. The van der Waals surface area contributed by atoms with Crippen LogP contribution in [0, 0.1) is 0 Å². The number of piperazine rings is 1. The van der Waals surface area contributed by atoms with Gasteiger partial charge in [-0.1, -0.05) is 25.1 Å². The Kier molecular flexibility index (Phi) is 5.46. The summed E-state index contributed by atoms with van der Waals surface area (Å²) in [7, 11) is 0. The number of amides is 2. The lowest BCUT2D eigenvalue weighted by molar-refractivity contribution is 0.0643. The van der Waals surface area contributed by atoms with Crippen molar-refractivity contribution in [3.05, 3.63) is 65.7 Å². The number of carbonyl (C=O) groups excluding carboxylic acids is 2. The van der Waals surface area contributed by atoms with E-state index in [1.807, 2.05) is 35.2 Å². The molecule has 1 fully saturated rings. The molecule has 0 radical (unpaired) electrons. The Balaban J connectivity index is 1.62. The monoisotopic (exact) mass is 337 g/mol. The molecule has 5 nitrogen and oxygen atoms in total. The second-order valence-electron chi connectivity index (χ2n) is 6.12. The lowest BCUT2D eigenvalue weighted by Gasteiger charge is -2.34. The van der Waals surface area contributed by atoms with E-state index in [4.69, 9.17) is 0 Å². The maximum atomic E-state index is 12.6. The van der Waals surface area contributed by atoms with Gasteiger partial charge in [-0.05, 0) is 42.9 Å². The van der Waals surface area contributed by atoms with E-state index in [9.17, 15) is 9.59 Å². The number of hydrogen-bond acceptors (Lipinski definition) is 3. The predicted octanol–water partition coefficient (Wildman–Crippen LogP) is 2.72. The number of para-hydroxylation sites is 1. The van der Waals surface area contributed by atoms with Gasteiger partial charge in [-0.2, -0.15) is 0 Å². The summed E-state index contributed by atoms with van der Waals surface area (Å²) < 4.78 is 0. The van der Waals surface area contributed by atoms with Gasteiger partial charge >= 0.3 is 0 Å². The van der Waals surface area contributed by atoms with E-state index in [2.05, 4.69) is 17.1 Å². The van der Waals surface area contributed by atoms with Crippen LogP contribution in [0.25, 0.3) is 0 Å². The molecule has 1 heterocycles. The van der Waals surface area contributed by atoms with E-state index in [1.54, 1.807) is 24.3 Å². The van der Waals surface area contributed by atoms with Crippen LogP contribution in [-0.4, -0.2) is 54.3 Å². The molecular weight excluding hydrogens is 314 g/mol. The molecule has 2 amide bonds. The fourth-order valence-electron chi connectivity index (χ4n) is 2.94. The van der Waals surface area contributed by atoms with Crippen molar-refractivity contribution < 1.29 is 9.59 Å². The van der Waals surface area contributed by atoms with Gasteiger partial charge in [0.2, 0.25) is 0 Å². The Bertz CT molecular complexity index is 720. The molecule has 0 aliphatic carbocycles. The number of nitrogens with one attached hydrogen (secondary N) is 1. The van der Waals surface area contributed by atoms with Gasteiger partial charge in [-0.3, -0.25) is 9.59 Å². The molecule has 0 unspecified atom stereocenters. The Morgan fingerprint density at radius 3 is 2.08 bits per heavy atom. The largest absolute Gasteiger partial charge is 0.336 e. The molecule has 0 aromatic heterocycles. The Morgan fingerprint density at radius 2 is 1.48 bits per heavy atom. The summed E-state index contributed by atoms with van der Waals surface area (Å²) in [5, 5.41) is 2.84. The highest BCUT2D eigenvalue weighted by Crippen LogP contribution is 2.12. The van der Waals surface area contributed by atoms with Crippen LogP contribution in [0.2, 0.25) is 0 Å². The zero-order valence-corrected chi connectivity index (χ0v) is 14.4. The molecule has 25 heavy (non-hydrogen) atoms. The van der Waals surface area contributed by atoms with Crippen LogP contribution in [0.15, 0.2) is 54.6 Å². The summed E-state index contributed by atoms with van der Waals surface area (Å²) in [5.41, 5.74) is 1.92. The van der Waals surface area contributed by atoms with Crippen molar-refractivity contribution in [1.29, 1.82) is 0 Å². The van der Waals surface area contributed by atoms with Crippen LogP contribution < -0.4 is 5.32 Å². The van der Waals surface area contributed by atoms with Crippen molar-refractivity contribution in [1.82, 2.24) is 9.80 Å². The SMILES string of the molecule is CCN1CCN(C(=O)c2ccc(C(=O)Nc3ccccc3)cc2)CC1. The summed E-state index contributed by atoms with van der Waals surface area (Å²) in [5.74, 6) is -0.146. The first kappa shape index (κ1) is 17.2. The van der Waals surface area contributed by atoms with E-state index in [0.29, 0.717) is 11.1 Å². The highest BCUT2D eigenvalue weighted by Gasteiger charge is 2.21. The highest BCUT2D eigenvalue weighted by molar-refractivity contribution is 6.05. The molecule has 130 valence electrons. The van der Waals surface area contributed by atoms with Gasteiger partial charge in [0.05, 0.1) is 0 Å². The van der Waals surface area contributed by atoms with E-state index in [1.165, 1.54) is 0 Å². The summed E-state index contributed by atoms with van der Waals surface area (Å²) in [6.45, 7) is 6.50. The Hall–Kier alpha value is -2.66. The van der Waals surface area contributed by atoms with Crippen LogP contribution in [0.1, 0.15) is 27.6 Å². The maximum Gasteiger partial charge on any atom is 0.255 e. The van der Waals surface area contributed by atoms with Gasteiger partial charge < -0.3 is 15.1 Å². The first-order valence-electron chi connectivity index (χ1n) is 8.65. The molecule has 0 atom stereocenters. The van der Waals surface area contributed by atoms with Crippen molar-refractivity contribution in [3.63, 3.8) is 0 Å². The zero-order chi connectivity index (χ0) is 17.6. The molecule has 2 aromatic carbocycles. The standard InChI is InChI=1S/C20H23N3O2/c1-2-22-12-14-23(15-13-22)20(25)17-10-8-16(9-11-17)19(24)21-18-6-4-3-5-7-18/h3-11H,2,12-15H2,1H3,(H,21,24). The van der Waals surface area contributed by atoms with Crippen LogP contribution in [0.4, 0.5) is 5.69 Å². The van der Waals surface area contributed by atoms with Crippen LogP contribution in [0.3, 0.4) is 0 Å². The van der Waals surface area contributed by atoms with Crippen molar-refractivity contribution in [2.45, 2.75) is 6.92 Å². The van der Waals surface area contributed by atoms with Crippen molar-refractivity contribution in [2.75, 3.05) is 38.0 Å². The average molecular weight is 337 g/mol. The molecule has 0 bridgehead atoms. The van der Waals surface area contributed by atoms with E-state index < -0.39 is 0 Å². The normalized spacial score (nSPS) is 15.0. The number of rotatable bonds is 4. The predicted molar refractivity (Wildman–Crippen MR) is 98.9 cm³/mol. The van der Waals surface area contributed by atoms with Gasteiger partial charge in [0, 0.05) is 43.0 Å². The smallest absolute Gasteiger partial charge is 0.255 e. The number of benzene rings is 2. The molecule has 1 N–H and O–H groups in total. The Labute approximate surface area is 148 Å². The highest BCUT2D eigenvalue weighted by atomic mass is 16.2. The quantitative estimate of drug-likeness (QED) is 0.933. The van der Waals surface area contributed by atoms with Crippen LogP contribution in [0.5, 0.6) is 0 Å². The van der Waals surface area contributed by atoms with Crippen molar-refractivity contribution in [3.8, 4) is 0 Å². The first-order chi connectivity index (χ1) is 12.2. The lowest BCUT2D eigenvalue weighted by atomic mass is 10.1. The van der Waals surface area contributed by atoms with Crippen molar-refractivity contribution >= 4 is 17.5 Å². The molecule has 1 aliphatic heterocycles. The van der Waals surface area contributed by atoms with E-state index >= 15 is 0 Å². The fourth-order valence-corrected chi connectivity index (χ4v) is 2.94. The topological polar surface area (TPSA) is 52.7 Å². The van der Waals surface area contributed by atoms with Crippen LogP contribution >= 0.6 is 0 Å². The minimum atomic E-state index is -0.179. The molecule has 2 aromatic rings. The van der Waals surface area contributed by atoms with E-state index in [0.717, 1.165) is 38.4 Å². The second-order valence-corrected chi connectivity index (χ2v) is 6.12. The number of carbonyl (C=O) groups is 2. The van der Waals surface area contributed by atoms with Crippen LogP contribution in [-0.2, 0) is 0 Å².